The molecule has 0 radical (unpaired) electrons. The van der Waals surface area contributed by atoms with Crippen LogP contribution in [0.25, 0.3) is 0 Å². The molecule has 24 heavy (non-hydrogen) atoms. The van der Waals surface area contributed by atoms with Crippen molar-refractivity contribution in [2.75, 3.05) is 10.6 Å². The minimum absolute atomic E-state index is 0.00268. The van der Waals surface area contributed by atoms with Gasteiger partial charge in [0.2, 0.25) is 0 Å². The van der Waals surface area contributed by atoms with Gasteiger partial charge in [0.1, 0.15) is 6.61 Å². The van der Waals surface area contributed by atoms with Gasteiger partial charge < -0.3 is 15.4 Å². The standard InChI is InChI=1S/C16H11F3N2O3/c17-16(18,19)10-2-1-3-11(6-10)20-15(23)21-12-5-4-9-8-24-14(22)13(9)7-12/h1-7H,8H2,(H2,20,21,23). The topological polar surface area (TPSA) is 67.4 Å². The van der Waals surface area contributed by atoms with Gasteiger partial charge >= 0.3 is 18.2 Å². The predicted octanol–water partition coefficient (Wildman–Crippen LogP) is 4.02. The number of hydrogen-bond donors (Lipinski definition) is 2. The van der Waals surface area contributed by atoms with E-state index in [1.165, 1.54) is 18.2 Å². The first-order chi connectivity index (χ1) is 11.3. The number of amides is 2. The lowest BCUT2D eigenvalue weighted by Crippen LogP contribution is -2.20. The number of alkyl halides is 3. The monoisotopic (exact) mass is 336 g/mol. The van der Waals surface area contributed by atoms with Gasteiger partial charge in [0.15, 0.2) is 0 Å². The van der Waals surface area contributed by atoms with E-state index in [2.05, 4.69) is 10.6 Å². The number of ether oxygens (including phenoxy) is 1. The minimum Gasteiger partial charge on any atom is -0.457 e. The third kappa shape index (κ3) is 3.32. The number of rotatable bonds is 2. The fourth-order valence-corrected chi connectivity index (χ4v) is 2.26. The molecular formula is C16H11F3N2O3. The Bertz CT molecular complexity index is 818. The molecule has 0 atom stereocenters. The Morgan fingerprint density at radius 3 is 2.46 bits per heavy atom. The zero-order valence-corrected chi connectivity index (χ0v) is 12.1. The Kier molecular flexibility index (Phi) is 3.88. The number of benzene rings is 2. The van der Waals surface area contributed by atoms with E-state index in [1.54, 1.807) is 12.1 Å². The zero-order valence-electron chi connectivity index (χ0n) is 12.1. The van der Waals surface area contributed by atoms with Gasteiger partial charge in [0, 0.05) is 16.9 Å². The predicted molar refractivity (Wildman–Crippen MR) is 79.6 cm³/mol. The second-order valence-electron chi connectivity index (χ2n) is 5.11. The third-order valence-corrected chi connectivity index (χ3v) is 3.39. The first-order valence-corrected chi connectivity index (χ1v) is 6.88. The molecule has 1 aliphatic heterocycles. The number of anilines is 2. The lowest BCUT2D eigenvalue weighted by Gasteiger charge is -2.11. The van der Waals surface area contributed by atoms with E-state index in [0.717, 1.165) is 12.1 Å². The van der Waals surface area contributed by atoms with Gasteiger partial charge in [-0.25, -0.2) is 9.59 Å². The molecular weight excluding hydrogens is 325 g/mol. The van der Waals surface area contributed by atoms with E-state index >= 15 is 0 Å². The van der Waals surface area contributed by atoms with Crippen LogP contribution in [0.5, 0.6) is 0 Å². The summed E-state index contributed by atoms with van der Waals surface area (Å²) in [5, 5.41) is 4.78. The minimum atomic E-state index is -4.49. The molecule has 124 valence electrons. The summed E-state index contributed by atoms with van der Waals surface area (Å²) in [6.07, 6.45) is -4.49. The highest BCUT2D eigenvalue weighted by molar-refractivity contribution is 6.01. The van der Waals surface area contributed by atoms with Gasteiger partial charge in [-0.2, -0.15) is 13.2 Å². The van der Waals surface area contributed by atoms with Crippen LogP contribution >= 0.6 is 0 Å². The summed E-state index contributed by atoms with van der Waals surface area (Å²) in [6, 6.07) is 8.23. The quantitative estimate of drug-likeness (QED) is 0.814. The molecule has 2 amide bonds. The molecule has 0 saturated carbocycles. The fraction of sp³-hybridized carbons (Fsp3) is 0.125. The second kappa shape index (κ2) is 5.88. The number of urea groups is 1. The number of halogens is 3. The van der Waals surface area contributed by atoms with Crippen LogP contribution in [0.2, 0.25) is 0 Å². The summed E-state index contributed by atoms with van der Waals surface area (Å²) >= 11 is 0. The summed E-state index contributed by atoms with van der Waals surface area (Å²) in [5.74, 6) is -0.480. The Morgan fingerprint density at radius 1 is 1.04 bits per heavy atom. The first kappa shape index (κ1) is 15.9. The van der Waals surface area contributed by atoms with Crippen LogP contribution in [0.3, 0.4) is 0 Å². The van der Waals surface area contributed by atoms with Gasteiger partial charge in [0.25, 0.3) is 0 Å². The Balaban J connectivity index is 1.70. The van der Waals surface area contributed by atoms with E-state index in [-0.39, 0.29) is 12.3 Å². The Hall–Kier alpha value is -3.03. The summed E-state index contributed by atoms with van der Waals surface area (Å²) in [6.45, 7) is 0.185. The van der Waals surface area contributed by atoms with Crippen LogP contribution in [0, 0.1) is 0 Å². The lowest BCUT2D eigenvalue weighted by atomic mass is 10.1. The number of carbonyl (C=O) groups excluding carboxylic acids is 2. The molecule has 2 aromatic rings. The summed E-state index contributed by atoms with van der Waals surface area (Å²) in [7, 11) is 0. The normalized spacial score (nSPS) is 13.2. The van der Waals surface area contributed by atoms with Crippen molar-refractivity contribution in [3.05, 3.63) is 59.2 Å². The van der Waals surface area contributed by atoms with E-state index < -0.39 is 23.7 Å². The van der Waals surface area contributed by atoms with Crippen LogP contribution in [-0.4, -0.2) is 12.0 Å². The Labute approximate surface area is 134 Å². The summed E-state index contributed by atoms with van der Waals surface area (Å²) in [5.41, 5.74) is 0.538. The summed E-state index contributed by atoms with van der Waals surface area (Å²) in [4.78, 5) is 23.4. The number of fused-ring (bicyclic) bond motifs is 1. The van der Waals surface area contributed by atoms with Crippen LogP contribution in [0.4, 0.5) is 29.3 Å². The van der Waals surface area contributed by atoms with Crippen molar-refractivity contribution in [2.24, 2.45) is 0 Å². The van der Waals surface area contributed by atoms with Crippen molar-refractivity contribution >= 4 is 23.4 Å². The number of cyclic esters (lactones) is 1. The molecule has 2 aromatic carbocycles. The second-order valence-corrected chi connectivity index (χ2v) is 5.11. The Morgan fingerprint density at radius 2 is 1.75 bits per heavy atom. The summed E-state index contributed by atoms with van der Waals surface area (Å²) < 4.78 is 42.8. The first-order valence-electron chi connectivity index (χ1n) is 6.88. The van der Waals surface area contributed by atoms with Crippen LogP contribution in [0.1, 0.15) is 21.5 Å². The van der Waals surface area contributed by atoms with Crippen LogP contribution in [0.15, 0.2) is 42.5 Å². The molecule has 0 aliphatic carbocycles. The number of hydrogen-bond acceptors (Lipinski definition) is 3. The van der Waals surface area contributed by atoms with Gasteiger partial charge in [-0.15, -0.1) is 0 Å². The highest BCUT2D eigenvalue weighted by Gasteiger charge is 2.30. The maximum atomic E-state index is 12.6. The van der Waals surface area contributed by atoms with Crippen LogP contribution in [-0.2, 0) is 17.5 Å². The molecule has 1 heterocycles. The van der Waals surface area contributed by atoms with Crippen molar-refractivity contribution in [3.63, 3.8) is 0 Å². The average Bonchev–Trinajstić information content (AvgIpc) is 2.88. The highest BCUT2D eigenvalue weighted by Crippen LogP contribution is 2.30. The molecule has 2 N–H and O–H groups in total. The average molecular weight is 336 g/mol. The van der Waals surface area contributed by atoms with E-state index in [4.69, 9.17) is 4.74 Å². The molecule has 8 heteroatoms. The van der Waals surface area contributed by atoms with E-state index in [9.17, 15) is 22.8 Å². The molecule has 5 nitrogen and oxygen atoms in total. The molecule has 0 unspecified atom stereocenters. The van der Waals surface area contributed by atoms with E-state index in [1.807, 2.05) is 0 Å². The third-order valence-electron chi connectivity index (χ3n) is 3.39. The lowest BCUT2D eigenvalue weighted by molar-refractivity contribution is -0.137. The van der Waals surface area contributed by atoms with Gasteiger partial charge in [-0.05, 0) is 30.3 Å². The smallest absolute Gasteiger partial charge is 0.416 e. The molecule has 0 bridgehead atoms. The number of esters is 1. The van der Waals surface area contributed by atoms with Crippen LogP contribution < -0.4 is 10.6 Å². The molecule has 0 aromatic heterocycles. The van der Waals surface area contributed by atoms with Crippen molar-refractivity contribution in [1.29, 1.82) is 0 Å². The van der Waals surface area contributed by atoms with Crippen molar-refractivity contribution in [3.8, 4) is 0 Å². The van der Waals surface area contributed by atoms with Crippen molar-refractivity contribution in [1.82, 2.24) is 0 Å². The molecule has 3 rings (SSSR count). The molecule has 0 fully saturated rings. The van der Waals surface area contributed by atoms with Crippen molar-refractivity contribution in [2.45, 2.75) is 12.8 Å². The van der Waals surface area contributed by atoms with Crippen molar-refractivity contribution < 1.29 is 27.5 Å². The maximum absolute atomic E-state index is 12.6. The van der Waals surface area contributed by atoms with Gasteiger partial charge in [-0.3, -0.25) is 0 Å². The van der Waals surface area contributed by atoms with E-state index in [0.29, 0.717) is 16.8 Å². The maximum Gasteiger partial charge on any atom is 0.416 e. The number of carbonyl (C=O) groups is 2. The molecule has 0 saturated heterocycles. The zero-order chi connectivity index (χ0) is 17.3. The van der Waals surface area contributed by atoms with Gasteiger partial charge in [-0.1, -0.05) is 12.1 Å². The fourth-order valence-electron chi connectivity index (χ4n) is 2.26. The number of nitrogens with one attached hydrogen (secondary N) is 2. The molecule has 1 aliphatic rings. The highest BCUT2D eigenvalue weighted by atomic mass is 19.4. The SMILES string of the molecule is O=C(Nc1cccc(C(F)(F)F)c1)Nc1ccc2c(c1)C(=O)OC2. The van der Waals surface area contributed by atoms with Gasteiger partial charge in [0.05, 0.1) is 11.1 Å². The molecule has 0 spiro atoms. The largest absolute Gasteiger partial charge is 0.457 e.